The number of likely N-dealkylation sites (N-methyl/N-ethyl adjacent to an activating group) is 1. The van der Waals surface area contributed by atoms with Gasteiger partial charge in [0, 0.05) is 47.7 Å². The molecule has 9 heteroatoms. The second kappa shape index (κ2) is 11.9. The molecule has 3 aromatic heterocycles. The van der Waals surface area contributed by atoms with Crippen LogP contribution in [0.5, 0.6) is 0 Å². The van der Waals surface area contributed by atoms with Crippen LogP contribution in [-0.2, 0) is 14.3 Å². The third-order valence-corrected chi connectivity index (χ3v) is 6.63. The first-order chi connectivity index (χ1) is 19.1. The molecule has 1 aromatic carbocycles. The maximum absolute atomic E-state index is 12.7. The number of hydrogen-bond acceptors (Lipinski definition) is 7. The van der Waals surface area contributed by atoms with E-state index in [0.717, 1.165) is 27.6 Å². The van der Waals surface area contributed by atoms with Gasteiger partial charge in [-0.2, -0.15) is 5.26 Å². The lowest BCUT2D eigenvalue weighted by Gasteiger charge is -2.19. The minimum absolute atomic E-state index is 0.249. The number of benzene rings is 1. The molecular formula is C31H32N6O3. The number of carbonyl (C=O) groups is 2. The fourth-order valence-corrected chi connectivity index (χ4v) is 4.50. The number of rotatable bonds is 9. The molecule has 0 aliphatic heterocycles. The molecule has 4 rings (SSSR count). The van der Waals surface area contributed by atoms with Crippen molar-refractivity contribution in [3.63, 3.8) is 0 Å². The normalized spacial score (nSPS) is 12.5. The highest BCUT2D eigenvalue weighted by atomic mass is 16.6. The highest BCUT2D eigenvalue weighted by Gasteiger charge is 2.23. The maximum atomic E-state index is 12.7. The second-order valence-electron chi connectivity index (χ2n) is 10.0. The molecule has 0 saturated carbocycles. The van der Waals surface area contributed by atoms with Gasteiger partial charge in [0.05, 0.1) is 23.5 Å². The van der Waals surface area contributed by atoms with Gasteiger partial charge in [0.15, 0.2) is 6.23 Å². The number of pyridine rings is 2. The van der Waals surface area contributed by atoms with Gasteiger partial charge in [0.25, 0.3) is 0 Å². The van der Waals surface area contributed by atoms with Crippen LogP contribution in [0.4, 0.5) is 5.69 Å². The lowest BCUT2D eigenvalue weighted by Crippen LogP contribution is -2.34. The minimum Gasteiger partial charge on any atom is -0.440 e. The third kappa shape index (κ3) is 5.92. The van der Waals surface area contributed by atoms with Crippen molar-refractivity contribution in [3.8, 4) is 28.3 Å². The molecule has 2 N–H and O–H groups in total. The Morgan fingerprint density at radius 3 is 2.60 bits per heavy atom. The summed E-state index contributed by atoms with van der Waals surface area (Å²) in [6.07, 6.45) is 7.97. The number of esters is 1. The van der Waals surface area contributed by atoms with Crippen molar-refractivity contribution in [1.82, 2.24) is 14.5 Å². The van der Waals surface area contributed by atoms with Crippen molar-refractivity contribution in [1.29, 1.82) is 5.26 Å². The zero-order valence-electron chi connectivity index (χ0n) is 23.0. The summed E-state index contributed by atoms with van der Waals surface area (Å²) in [5.74, 6) is -0.471. The summed E-state index contributed by atoms with van der Waals surface area (Å²) in [6.45, 7) is 9.31. The number of ether oxygens (including phenoxy) is 1. The lowest BCUT2D eigenvalue weighted by molar-refractivity contribution is -0.154. The fraction of sp³-hybridized carbons (Fsp3) is 0.258. The monoisotopic (exact) mass is 536 g/mol. The topological polar surface area (TPSA) is 127 Å². The molecular weight excluding hydrogens is 504 g/mol. The summed E-state index contributed by atoms with van der Waals surface area (Å²) in [5.41, 5.74) is 11.0. The van der Waals surface area contributed by atoms with Gasteiger partial charge in [0.2, 0.25) is 5.91 Å². The highest BCUT2D eigenvalue weighted by molar-refractivity contribution is 6.01. The van der Waals surface area contributed by atoms with Gasteiger partial charge >= 0.3 is 5.97 Å². The van der Waals surface area contributed by atoms with Gasteiger partial charge in [-0.25, -0.2) is 4.98 Å². The summed E-state index contributed by atoms with van der Waals surface area (Å²) in [4.78, 5) is 35.3. The van der Waals surface area contributed by atoms with Crippen LogP contribution in [0.1, 0.15) is 39.0 Å². The highest BCUT2D eigenvalue weighted by Crippen LogP contribution is 2.35. The van der Waals surface area contributed by atoms with Crippen LogP contribution in [0.2, 0.25) is 0 Å². The molecule has 0 bridgehead atoms. The van der Waals surface area contributed by atoms with Crippen molar-refractivity contribution in [3.05, 3.63) is 79.4 Å². The van der Waals surface area contributed by atoms with Crippen LogP contribution in [0, 0.1) is 17.2 Å². The van der Waals surface area contributed by atoms with Crippen molar-refractivity contribution >= 4 is 28.6 Å². The van der Waals surface area contributed by atoms with Gasteiger partial charge in [-0.15, -0.1) is 0 Å². The maximum Gasteiger partial charge on any atom is 0.324 e. The number of anilines is 1. The van der Waals surface area contributed by atoms with Crippen molar-refractivity contribution < 1.29 is 14.3 Å². The zero-order chi connectivity index (χ0) is 29.0. The van der Waals surface area contributed by atoms with E-state index in [1.165, 1.54) is 11.0 Å². The number of carbonyl (C=O) groups excluding carboxylic acids is 2. The predicted octanol–water partition coefficient (Wildman–Crippen LogP) is 5.22. The first kappa shape index (κ1) is 28.2. The molecule has 0 spiro atoms. The molecule has 204 valence electrons. The first-order valence-electron chi connectivity index (χ1n) is 13.0. The molecule has 2 atom stereocenters. The molecule has 4 aromatic rings. The van der Waals surface area contributed by atoms with E-state index in [0.29, 0.717) is 23.3 Å². The number of aromatic nitrogens is 3. The number of nitrogens with zero attached hydrogens (tertiary/aromatic N) is 5. The Hall–Kier alpha value is -4.81. The molecule has 40 heavy (non-hydrogen) atoms. The molecule has 9 nitrogen and oxygen atoms in total. The predicted molar refractivity (Wildman–Crippen MR) is 155 cm³/mol. The van der Waals surface area contributed by atoms with Crippen molar-refractivity contribution in [2.75, 3.05) is 11.9 Å². The van der Waals surface area contributed by atoms with E-state index in [1.54, 1.807) is 49.3 Å². The Morgan fingerprint density at radius 1 is 1.15 bits per heavy atom. The van der Waals surface area contributed by atoms with Gasteiger partial charge in [-0.3, -0.25) is 19.1 Å². The van der Waals surface area contributed by atoms with Crippen molar-refractivity contribution in [2.45, 2.75) is 39.5 Å². The number of hydrogen-bond donors (Lipinski definition) is 1. The molecule has 0 radical (unpaired) electrons. The minimum atomic E-state index is -0.721. The molecule has 1 amide bonds. The molecule has 0 fully saturated rings. The van der Waals surface area contributed by atoms with E-state index in [2.05, 4.69) is 17.6 Å². The standard InChI is InChI=1S/C31H32N6O3/c1-6-29(38)36(5)25-12-23(15-34-17-25)24-13-26-27(22-9-7-8-21(11-22)14-32)18-37(30(26)35-16-24)20(4)40-31(39)28(33)10-19(2)3/h6-9,11-13,15-20,28H,1,10,33H2,2-5H3/t20?,28-/m0/s1. The van der Waals surface area contributed by atoms with E-state index in [9.17, 15) is 14.9 Å². The number of nitrogens with two attached hydrogens (primary N) is 1. The van der Waals surface area contributed by atoms with Gasteiger partial charge in [0.1, 0.15) is 11.7 Å². The van der Waals surface area contributed by atoms with E-state index in [4.69, 9.17) is 15.5 Å². The molecule has 0 saturated heterocycles. The van der Waals surface area contributed by atoms with Crippen LogP contribution in [0.25, 0.3) is 33.3 Å². The Morgan fingerprint density at radius 2 is 1.90 bits per heavy atom. The summed E-state index contributed by atoms with van der Waals surface area (Å²) >= 11 is 0. The third-order valence-electron chi connectivity index (χ3n) is 6.63. The summed E-state index contributed by atoms with van der Waals surface area (Å²) in [7, 11) is 1.66. The smallest absolute Gasteiger partial charge is 0.324 e. The van der Waals surface area contributed by atoms with Crippen molar-refractivity contribution in [2.24, 2.45) is 11.7 Å². The van der Waals surface area contributed by atoms with Crippen LogP contribution in [0.15, 0.2) is 73.8 Å². The lowest BCUT2D eigenvalue weighted by atomic mass is 10.0. The molecule has 0 aliphatic carbocycles. The number of fused-ring (bicyclic) bond motifs is 1. The Kier molecular flexibility index (Phi) is 8.41. The SMILES string of the molecule is C=CC(=O)N(C)c1cncc(-c2cnc3c(c2)c(-c2cccc(C#N)c2)cn3C(C)OC(=O)[C@@H](N)CC(C)C)c1. The van der Waals surface area contributed by atoms with E-state index in [-0.39, 0.29) is 11.8 Å². The summed E-state index contributed by atoms with van der Waals surface area (Å²) < 4.78 is 7.53. The number of amides is 1. The average molecular weight is 537 g/mol. The van der Waals surface area contributed by atoms with E-state index < -0.39 is 18.2 Å². The quantitative estimate of drug-likeness (QED) is 0.229. The molecule has 3 heterocycles. The average Bonchev–Trinajstić information content (AvgIpc) is 3.35. The van der Waals surface area contributed by atoms with E-state index in [1.807, 2.05) is 44.3 Å². The second-order valence-corrected chi connectivity index (χ2v) is 10.0. The van der Waals surface area contributed by atoms with Crippen LogP contribution in [-0.4, -0.2) is 39.5 Å². The van der Waals surface area contributed by atoms with Crippen LogP contribution < -0.4 is 10.6 Å². The van der Waals surface area contributed by atoms with Crippen LogP contribution >= 0.6 is 0 Å². The first-order valence-corrected chi connectivity index (χ1v) is 13.0. The van der Waals surface area contributed by atoms with Gasteiger partial charge in [-0.05, 0) is 55.2 Å². The van der Waals surface area contributed by atoms with Crippen LogP contribution in [0.3, 0.4) is 0 Å². The van der Waals surface area contributed by atoms with Gasteiger partial charge < -0.3 is 15.4 Å². The molecule has 0 aliphatic rings. The Labute approximate surface area is 233 Å². The Bertz CT molecular complexity index is 1620. The Balaban J connectivity index is 1.81. The largest absolute Gasteiger partial charge is 0.440 e. The fourth-order valence-electron chi connectivity index (χ4n) is 4.50. The van der Waals surface area contributed by atoms with E-state index >= 15 is 0 Å². The molecule has 1 unspecified atom stereocenters. The zero-order valence-corrected chi connectivity index (χ0v) is 23.0. The number of nitriles is 1. The van der Waals surface area contributed by atoms with Gasteiger partial charge in [-0.1, -0.05) is 32.6 Å². The summed E-state index contributed by atoms with van der Waals surface area (Å²) in [6, 6.07) is 12.6. The summed E-state index contributed by atoms with van der Waals surface area (Å²) in [5, 5.41) is 10.3.